The standard InChI is InChI=1S/C13H16N4O2/c1-9(18)10-4-6-14-12(8-10)17-7-5-11(15-17)13(19)16(2)3/h4-9,18H,1-3H3/t9-/m1/s1. The molecule has 0 unspecified atom stereocenters. The molecule has 6 nitrogen and oxygen atoms in total. The monoisotopic (exact) mass is 260 g/mol. The summed E-state index contributed by atoms with van der Waals surface area (Å²) >= 11 is 0. The lowest BCUT2D eigenvalue weighted by Gasteiger charge is -2.08. The van der Waals surface area contributed by atoms with Crippen molar-refractivity contribution in [2.24, 2.45) is 0 Å². The highest BCUT2D eigenvalue weighted by Gasteiger charge is 2.12. The highest BCUT2D eigenvalue weighted by Crippen LogP contribution is 2.14. The summed E-state index contributed by atoms with van der Waals surface area (Å²) in [7, 11) is 3.35. The Bertz CT molecular complexity index is 590. The van der Waals surface area contributed by atoms with E-state index >= 15 is 0 Å². The highest BCUT2D eigenvalue weighted by atomic mass is 16.3. The summed E-state index contributed by atoms with van der Waals surface area (Å²) in [5.74, 6) is 0.404. The molecule has 0 aromatic carbocycles. The molecule has 1 atom stereocenters. The first-order valence-corrected chi connectivity index (χ1v) is 5.90. The maximum Gasteiger partial charge on any atom is 0.273 e. The smallest absolute Gasteiger partial charge is 0.273 e. The predicted molar refractivity (Wildman–Crippen MR) is 70.0 cm³/mol. The van der Waals surface area contributed by atoms with E-state index in [0.29, 0.717) is 11.5 Å². The number of amides is 1. The second-order valence-electron chi connectivity index (χ2n) is 4.47. The SMILES string of the molecule is C[C@@H](O)c1ccnc(-n2ccc(C(=O)N(C)C)n2)c1. The van der Waals surface area contributed by atoms with Crippen LogP contribution in [0.2, 0.25) is 0 Å². The average Bonchev–Trinajstić information content (AvgIpc) is 2.87. The van der Waals surface area contributed by atoms with Crippen LogP contribution in [0.5, 0.6) is 0 Å². The van der Waals surface area contributed by atoms with Crippen molar-refractivity contribution in [1.29, 1.82) is 0 Å². The molecule has 2 aromatic heterocycles. The minimum atomic E-state index is -0.569. The van der Waals surface area contributed by atoms with Gasteiger partial charge in [-0.25, -0.2) is 9.67 Å². The van der Waals surface area contributed by atoms with Crippen LogP contribution in [0.3, 0.4) is 0 Å². The summed E-state index contributed by atoms with van der Waals surface area (Å²) in [5.41, 5.74) is 1.11. The predicted octanol–water partition coefficient (Wildman–Crippen LogP) is 1.02. The van der Waals surface area contributed by atoms with Gasteiger partial charge in [-0.05, 0) is 30.7 Å². The van der Waals surface area contributed by atoms with E-state index in [1.54, 1.807) is 51.6 Å². The van der Waals surface area contributed by atoms with Crippen molar-refractivity contribution < 1.29 is 9.90 Å². The molecule has 2 rings (SSSR count). The van der Waals surface area contributed by atoms with Crippen LogP contribution in [0, 0.1) is 0 Å². The molecule has 2 aromatic rings. The summed E-state index contributed by atoms with van der Waals surface area (Å²) in [6.07, 6.45) is 2.71. The fraction of sp³-hybridized carbons (Fsp3) is 0.308. The van der Waals surface area contributed by atoms with Crippen molar-refractivity contribution >= 4 is 5.91 Å². The van der Waals surface area contributed by atoms with Crippen LogP contribution in [-0.2, 0) is 0 Å². The highest BCUT2D eigenvalue weighted by molar-refractivity contribution is 5.91. The van der Waals surface area contributed by atoms with Crippen molar-refractivity contribution in [3.05, 3.63) is 41.9 Å². The van der Waals surface area contributed by atoms with Crippen molar-refractivity contribution in [1.82, 2.24) is 19.7 Å². The first-order valence-electron chi connectivity index (χ1n) is 5.90. The molecule has 1 N–H and O–H groups in total. The van der Waals surface area contributed by atoms with Gasteiger partial charge in [0.25, 0.3) is 5.91 Å². The lowest BCUT2D eigenvalue weighted by atomic mass is 10.2. The van der Waals surface area contributed by atoms with Crippen molar-refractivity contribution in [2.45, 2.75) is 13.0 Å². The van der Waals surface area contributed by atoms with Crippen LogP contribution in [0.15, 0.2) is 30.6 Å². The number of hydrogen-bond donors (Lipinski definition) is 1. The molecule has 0 bridgehead atoms. The van der Waals surface area contributed by atoms with Gasteiger partial charge in [0.15, 0.2) is 11.5 Å². The van der Waals surface area contributed by atoms with Crippen LogP contribution in [0.4, 0.5) is 0 Å². The van der Waals surface area contributed by atoms with E-state index in [9.17, 15) is 9.90 Å². The van der Waals surface area contributed by atoms with Gasteiger partial charge >= 0.3 is 0 Å². The average molecular weight is 260 g/mol. The molecule has 0 saturated carbocycles. The van der Waals surface area contributed by atoms with E-state index in [1.807, 2.05) is 0 Å². The van der Waals surface area contributed by atoms with Gasteiger partial charge in [-0.3, -0.25) is 4.79 Å². The summed E-state index contributed by atoms with van der Waals surface area (Å²) in [4.78, 5) is 17.4. The number of nitrogens with zero attached hydrogens (tertiary/aromatic N) is 4. The Morgan fingerprint density at radius 2 is 2.16 bits per heavy atom. The third-order valence-electron chi connectivity index (χ3n) is 2.70. The molecule has 0 aliphatic rings. The lowest BCUT2D eigenvalue weighted by Crippen LogP contribution is -2.22. The van der Waals surface area contributed by atoms with Gasteiger partial charge < -0.3 is 10.0 Å². The van der Waals surface area contributed by atoms with E-state index < -0.39 is 6.10 Å². The molecular weight excluding hydrogens is 244 g/mol. The van der Waals surface area contributed by atoms with Crippen molar-refractivity contribution in [3.8, 4) is 5.82 Å². The number of aliphatic hydroxyl groups is 1. The first kappa shape index (κ1) is 13.2. The molecule has 0 aliphatic carbocycles. The van der Waals surface area contributed by atoms with Gasteiger partial charge in [-0.2, -0.15) is 5.10 Å². The number of aromatic nitrogens is 3. The first-order chi connectivity index (χ1) is 8.99. The van der Waals surface area contributed by atoms with Crippen LogP contribution in [0.25, 0.3) is 5.82 Å². The summed E-state index contributed by atoms with van der Waals surface area (Å²) in [6.45, 7) is 1.68. The molecular formula is C13H16N4O2. The van der Waals surface area contributed by atoms with Crippen molar-refractivity contribution in [2.75, 3.05) is 14.1 Å². The van der Waals surface area contributed by atoms with E-state index in [0.717, 1.165) is 5.56 Å². The zero-order chi connectivity index (χ0) is 14.0. The molecule has 0 aliphatic heterocycles. The van der Waals surface area contributed by atoms with Crippen LogP contribution < -0.4 is 0 Å². The van der Waals surface area contributed by atoms with Gasteiger partial charge in [0.1, 0.15) is 0 Å². The molecule has 0 fully saturated rings. The number of rotatable bonds is 3. The zero-order valence-electron chi connectivity index (χ0n) is 11.1. The molecule has 2 heterocycles. The van der Waals surface area contributed by atoms with Crippen LogP contribution in [-0.4, -0.2) is 44.8 Å². The van der Waals surface area contributed by atoms with Crippen LogP contribution >= 0.6 is 0 Å². The Hall–Kier alpha value is -2.21. The number of pyridine rings is 1. The molecule has 1 amide bonds. The minimum Gasteiger partial charge on any atom is -0.389 e. The summed E-state index contributed by atoms with van der Waals surface area (Å²) in [5, 5.41) is 13.7. The number of aliphatic hydroxyl groups excluding tert-OH is 1. The maximum atomic E-state index is 11.8. The summed E-state index contributed by atoms with van der Waals surface area (Å²) in [6, 6.07) is 5.12. The van der Waals surface area contributed by atoms with E-state index in [1.165, 1.54) is 9.58 Å². The molecule has 19 heavy (non-hydrogen) atoms. The molecule has 0 spiro atoms. The largest absolute Gasteiger partial charge is 0.389 e. The molecule has 0 saturated heterocycles. The normalized spacial score (nSPS) is 12.2. The second kappa shape index (κ2) is 5.19. The van der Waals surface area contributed by atoms with Gasteiger partial charge in [-0.1, -0.05) is 0 Å². The molecule has 6 heteroatoms. The fourth-order valence-electron chi connectivity index (χ4n) is 1.61. The van der Waals surface area contributed by atoms with E-state index in [2.05, 4.69) is 10.1 Å². The van der Waals surface area contributed by atoms with Gasteiger partial charge in [0.05, 0.1) is 6.10 Å². The minimum absolute atomic E-state index is 0.162. The number of carbonyl (C=O) groups excluding carboxylic acids is 1. The summed E-state index contributed by atoms with van der Waals surface area (Å²) < 4.78 is 1.52. The molecule has 100 valence electrons. The van der Waals surface area contributed by atoms with Crippen LogP contribution in [0.1, 0.15) is 29.1 Å². The Morgan fingerprint density at radius 3 is 2.79 bits per heavy atom. The Balaban J connectivity index is 2.33. The maximum absolute atomic E-state index is 11.8. The number of carbonyl (C=O) groups is 1. The van der Waals surface area contributed by atoms with E-state index in [-0.39, 0.29) is 5.91 Å². The van der Waals surface area contributed by atoms with Gasteiger partial charge in [0, 0.05) is 26.5 Å². The van der Waals surface area contributed by atoms with Gasteiger partial charge in [-0.15, -0.1) is 0 Å². The second-order valence-corrected chi connectivity index (χ2v) is 4.47. The number of hydrogen-bond acceptors (Lipinski definition) is 4. The Labute approximate surface area is 111 Å². The molecule has 0 radical (unpaired) electrons. The fourth-order valence-corrected chi connectivity index (χ4v) is 1.61. The Kier molecular flexibility index (Phi) is 3.62. The lowest BCUT2D eigenvalue weighted by molar-refractivity contribution is 0.0821. The van der Waals surface area contributed by atoms with Gasteiger partial charge in [0.2, 0.25) is 0 Å². The van der Waals surface area contributed by atoms with E-state index in [4.69, 9.17) is 0 Å². The zero-order valence-corrected chi connectivity index (χ0v) is 11.1. The Morgan fingerprint density at radius 1 is 1.42 bits per heavy atom. The third kappa shape index (κ3) is 2.79. The third-order valence-corrected chi connectivity index (χ3v) is 2.70. The quantitative estimate of drug-likeness (QED) is 0.894. The topological polar surface area (TPSA) is 71.2 Å². The van der Waals surface area contributed by atoms with Crippen molar-refractivity contribution in [3.63, 3.8) is 0 Å².